The summed E-state index contributed by atoms with van der Waals surface area (Å²) >= 11 is 6.02. The van der Waals surface area contributed by atoms with Crippen LogP contribution in [0.5, 0.6) is 0 Å². The molecule has 0 spiro atoms. The second kappa shape index (κ2) is 11.1. The van der Waals surface area contributed by atoms with Crippen LogP contribution in [0.1, 0.15) is 18.1 Å². The third-order valence-corrected chi connectivity index (χ3v) is 5.57. The lowest BCUT2D eigenvalue weighted by molar-refractivity contribution is -0.138. The number of halogens is 4. The number of nitrogens with zero attached hydrogens (tertiary/aromatic N) is 3. The molecule has 1 saturated heterocycles. The summed E-state index contributed by atoms with van der Waals surface area (Å²) in [4.78, 5) is 15.9. The smallest absolute Gasteiger partial charge is 0.416 e. The standard InChI is InChI=1S/C25H23ClF3N3O2/c1-2-34-24(33)19(17-30)8-11-23(18-6-9-21(26)10-7-18)32-14-12-31(13-15-32)22-5-3-4-20(16-22)25(27,28)29/h3-11,16H,2,12-15H2,1H3/b19-8+,23-11-. The fraction of sp³-hybridized carbons (Fsp3) is 0.280. The van der Waals surface area contributed by atoms with E-state index in [0.717, 1.165) is 23.4 Å². The molecular weight excluding hydrogens is 467 g/mol. The van der Waals surface area contributed by atoms with Gasteiger partial charge in [-0.05, 0) is 55.0 Å². The Balaban J connectivity index is 1.84. The Hall–Kier alpha value is -3.44. The largest absolute Gasteiger partial charge is 0.462 e. The molecule has 1 fully saturated rings. The predicted molar refractivity (Wildman–Crippen MR) is 125 cm³/mol. The number of nitriles is 1. The molecular formula is C25H23ClF3N3O2. The van der Waals surface area contributed by atoms with Crippen LogP contribution in [0.25, 0.3) is 5.70 Å². The van der Waals surface area contributed by atoms with E-state index in [4.69, 9.17) is 16.3 Å². The van der Waals surface area contributed by atoms with E-state index in [2.05, 4.69) is 4.90 Å². The monoisotopic (exact) mass is 489 g/mol. The maximum Gasteiger partial charge on any atom is 0.416 e. The molecule has 1 aliphatic heterocycles. The highest BCUT2D eigenvalue weighted by Crippen LogP contribution is 2.32. The fourth-order valence-electron chi connectivity index (χ4n) is 3.61. The molecule has 0 aliphatic carbocycles. The number of hydrogen-bond donors (Lipinski definition) is 0. The van der Waals surface area contributed by atoms with Crippen molar-refractivity contribution in [3.05, 3.63) is 82.4 Å². The van der Waals surface area contributed by atoms with E-state index >= 15 is 0 Å². The molecule has 0 unspecified atom stereocenters. The van der Waals surface area contributed by atoms with E-state index in [0.29, 0.717) is 36.9 Å². The van der Waals surface area contributed by atoms with Crippen molar-refractivity contribution in [1.29, 1.82) is 5.26 Å². The van der Waals surface area contributed by atoms with Crippen LogP contribution in [0.3, 0.4) is 0 Å². The van der Waals surface area contributed by atoms with E-state index in [9.17, 15) is 23.2 Å². The zero-order valence-corrected chi connectivity index (χ0v) is 19.2. The number of ether oxygens (including phenoxy) is 1. The average molecular weight is 490 g/mol. The average Bonchev–Trinajstić information content (AvgIpc) is 2.83. The van der Waals surface area contributed by atoms with Gasteiger partial charge in [0.1, 0.15) is 11.6 Å². The Kier molecular flexibility index (Phi) is 8.24. The predicted octanol–water partition coefficient (Wildman–Crippen LogP) is 5.53. The molecule has 0 saturated carbocycles. The Bertz CT molecular complexity index is 1110. The number of carbonyl (C=O) groups is 1. The summed E-state index contributed by atoms with van der Waals surface area (Å²) in [6.07, 6.45) is -1.30. The highest BCUT2D eigenvalue weighted by Gasteiger charge is 2.31. The molecule has 5 nitrogen and oxygen atoms in total. The molecule has 178 valence electrons. The zero-order valence-electron chi connectivity index (χ0n) is 18.5. The molecule has 2 aromatic carbocycles. The van der Waals surface area contributed by atoms with Crippen LogP contribution in [0.15, 0.2) is 66.3 Å². The zero-order chi connectivity index (χ0) is 24.7. The first kappa shape index (κ1) is 25.2. The molecule has 1 aliphatic rings. The van der Waals surface area contributed by atoms with Gasteiger partial charge in [0.25, 0.3) is 0 Å². The van der Waals surface area contributed by atoms with Gasteiger partial charge in [0.05, 0.1) is 12.2 Å². The number of allylic oxidation sites excluding steroid dienone is 2. The van der Waals surface area contributed by atoms with Crippen molar-refractivity contribution in [2.45, 2.75) is 13.1 Å². The number of hydrogen-bond acceptors (Lipinski definition) is 5. The molecule has 9 heteroatoms. The van der Waals surface area contributed by atoms with Crippen LogP contribution in [-0.2, 0) is 15.7 Å². The third kappa shape index (κ3) is 6.33. The first-order valence-electron chi connectivity index (χ1n) is 10.6. The minimum atomic E-state index is -4.40. The van der Waals surface area contributed by atoms with Gasteiger partial charge in [-0.1, -0.05) is 29.8 Å². The van der Waals surface area contributed by atoms with Gasteiger partial charge in [0, 0.05) is 42.6 Å². The van der Waals surface area contributed by atoms with Crippen LogP contribution in [-0.4, -0.2) is 43.7 Å². The Labute approximate surface area is 201 Å². The van der Waals surface area contributed by atoms with Crippen molar-refractivity contribution in [3.8, 4) is 6.07 Å². The number of alkyl halides is 3. The molecule has 2 aromatic rings. The van der Waals surface area contributed by atoms with E-state index in [-0.39, 0.29) is 12.2 Å². The molecule has 0 amide bonds. The summed E-state index contributed by atoms with van der Waals surface area (Å²) in [5, 5.41) is 9.89. The number of esters is 1. The summed E-state index contributed by atoms with van der Waals surface area (Å²) < 4.78 is 44.2. The Morgan fingerprint density at radius 1 is 1.12 bits per heavy atom. The van der Waals surface area contributed by atoms with Gasteiger partial charge in [-0.15, -0.1) is 0 Å². The van der Waals surface area contributed by atoms with Crippen molar-refractivity contribution >= 4 is 29.0 Å². The summed E-state index contributed by atoms with van der Waals surface area (Å²) in [5.41, 5.74) is 1.30. The van der Waals surface area contributed by atoms with Gasteiger partial charge in [0.15, 0.2) is 0 Å². The van der Waals surface area contributed by atoms with E-state index in [1.54, 1.807) is 31.2 Å². The summed E-state index contributed by atoms with van der Waals surface area (Å²) in [6, 6.07) is 14.3. The van der Waals surface area contributed by atoms with Gasteiger partial charge < -0.3 is 14.5 Å². The molecule has 0 radical (unpaired) electrons. The topological polar surface area (TPSA) is 56.6 Å². The Morgan fingerprint density at radius 3 is 2.38 bits per heavy atom. The van der Waals surface area contributed by atoms with Crippen molar-refractivity contribution in [3.63, 3.8) is 0 Å². The first-order valence-corrected chi connectivity index (χ1v) is 11.0. The minimum Gasteiger partial charge on any atom is -0.462 e. The molecule has 0 N–H and O–H groups in total. The second-order valence-electron chi connectivity index (χ2n) is 7.49. The minimum absolute atomic E-state index is 0.129. The van der Waals surface area contributed by atoms with Gasteiger partial charge in [0.2, 0.25) is 0 Å². The normalized spacial score (nSPS) is 15.2. The van der Waals surface area contributed by atoms with Crippen molar-refractivity contribution in [1.82, 2.24) is 4.90 Å². The van der Waals surface area contributed by atoms with Gasteiger partial charge in [-0.2, -0.15) is 18.4 Å². The maximum absolute atomic E-state index is 13.1. The van der Waals surface area contributed by atoms with Gasteiger partial charge >= 0.3 is 12.1 Å². The lowest BCUT2D eigenvalue weighted by atomic mass is 10.1. The third-order valence-electron chi connectivity index (χ3n) is 5.32. The molecule has 0 aromatic heterocycles. The van der Waals surface area contributed by atoms with E-state index in [1.807, 2.05) is 23.1 Å². The number of anilines is 1. The fourth-order valence-corrected chi connectivity index (χ4v) is 3.74. The quantitative estimate of drug-likeness (QED) is 0.231. The van der Waals surface area contributed by atoms with Crippen LogP contribution < -0.4 is 4.90 Å². The summed E-state index contributed by atoms with van der Waals surface area (Å²) in [7, 11) is 0. The molecule has 0 atom stereocenters. The lowest BCUT2D eigenvalue weighted by Crippen LogP contribution is -2.45. The summed E-state index contributed by atoms with van der Waals surface area (Å²) in [5.74, 6) is -0.703. The number of carbonyl (C=O) groups excluding carboxylic acids is 1. The first-order chi connectivity index (χ1) is 16.2. The molecule has 0 bridgehead atoms. The van der Waals surface area contributed by atoms with Crippen LogP contribution >= 0.6 is 11.6 Å². The second-order valence-corrected chi connectivity index (χ2v) is 7.93. The SMILES string of the molecule is CCOC(=O)/C(C#N)=C/C=C(/c1ccc(Cl)cc1)N1CCN(c2cccc(C(F)(F)F)c2)CC1. The summed E-state index contributed by atoms with van der Waals surface area (Å²) in [6.45, 7) is 3.87. The van der Waals surface area contributed by atoms with Crippen LogP contribution in [0, 0.1) is 11.3 Å². The molecule has 1 heterocycles. The maximum atomic E-state index is 13.1. The van der Waals surface area contributed by atoms with E-state index < -0.39 is 17.7 Å². The van der Waals surface area contributed by atoms with Crippen molar-refractivity contribution in [2.75, 3.05) is 37.7 Å². The highest BCUT2D eigenvalue weighted by atomic mass is 35.5. The number of rotatable bonds is 6. The van der Waals surface area contributed by atoms with Crippen molar-refractivity contribution < 1.29 is 22.7 Å². The van der Waals surface area contributed by atoms with Crippen molar-refractivity contribution in [2.24, 2.45) is 0 Å². The highest BCUT2D eigenvalue weighted by molar-refractivity contribution is 6.30. The van der Waals surface area contributed by atoms with Gasteiger partial charge in [-0.25, -0.2) is 4.79 Å². The molecule has 3 rings (SSSR count). The van der Waals surface area contributed by atoms with E-state index in [1.165, 1.54) is 12.1 Å². The lowest BCUT2D eigenvalue weighted by Gasteiger charge is -2.38. The van der Waals surface area contributed by atoms with Gasteiger partial charge in [-0.3, -0.25) is 0 Å². The number of piperazine rings is 1. The molecule has 34 heavy (non-hydrogen) atoms. The van der Waals surface area contributed by atoms with Crippen LogP contribution in [0.2, 0.25) is 5.02 Å². The number of benzene rings is 2. The Morgan fingerprint density at radius 2 is 1.79 bits per heavy atom. The van der Waals surface area contributed by atoms with Crippen LogP contribution in [0.4, 0.5) is 18.9 Å².